The number of allylic oxidation sites excluding steroid dienone is 2. The standard InChI is InChI=1S/C18H23NO/c1-3-12(2)14-6-8-16(9-7-14)19-18(20)17-11-13-4-5-15(17)10-13/h4-9,12-13,15,17H,3,10-11H2,1-2H3,(H,19,20)/t12-,13+,15+,17-/m1/s1. The van der Waals surface area contributed by atoms with Gasteiger partial charge in [-0.1, -0.05) is 38.1 Å². The van der Waals surface area contributed by atoms with Crippen molar-refractivity contribution in [3.05, 3.63) is 42.0 Å². The minimum absolute atomic E-state index is 0.180. The van der Waals surface area contributed by atoms with Crippen molar-refractivity contribution in [2.45, 2.75) is 39.0 Å². The van der Waals surface area contributed by atoms with E-state index >= 15 is 0 Å². The topological polar surface area (TPSA) is 29.1 Å². The second-order valence-electron chi connectivity index (χ2n) is 6.31. The molecule has 106 valence electrons. The number of carbonyl (C=O) groups is 1. The van der Waals surface area contributed by atoms with Gasteiger partial charge in [0, 0.05) is 11.6 Å². The molecule has 2 heteroatoms. The smallest absolute Gasteiger partial charge is 0.228 e. The lowest BCUT2D eigenvalue weighted by Crippen LogP contribution is -2.25. The molecule has 1 aromatic rings. The van der Waals surface area contributed by atoms with Crippen LogP contribution in [0.15, 0.2) is 36.4 Å². The third-order valence-corrected chi connectivity index (χ3v) is 4.98. The maximum Gasteiger partial charge on any atom is 0.228 e. The largest absolute Gasteiger partial charge is 0.326 e. The fourth-order valence-corrected chi connectivity index (χ4v) is 3.45. The minimum atomic E-state index is 0.180. The number of anilines is 1. The Kier molecular flexibility index (Phi) is 3.64. The summed E-state index contributed by atoms with van der Waals surface area (Å²) in [7, 11) is 0. The van der Waals surface area contributed by atoms with E-state index in [1.807, 2.05) is 12.1 Å². The van der Waals surface area contributed by atoms with Crippen LogP contribution >= 0.6 is 0 Å². The predicted octanol–water partition coefficient (Wildman–Crippen LogP) is 4.35. The molecule has 2 aliphatic carbocycles. The van der Waals surface area contributed by atoms with Gasteiger partial charge in [-0.15, -0.1) is 0 Å². The van der Waals surface area contributed by atoms with E-state index in [0.29, 0.717) is 17.8 Å². The summed E-state index contributed by atoms with van der Waals surface area (Å²) in [6.07, 6.45) is 7.84. The Morgan fingerprint density at radius 2 is 2.00 bits per heavy atom. The number of hydrogen-bond donors (Lipinski definition) is 1. The lowest BCUT2D eigenvalue weighted by molar-refractivity contribution is -0.120. The lowest BCUT2D eigenvalue weighted by atomic mass is 9.92. The molecule has 0 heterocycles. The number of carbonyl (C=O) groups excluding carboxylic acids is 1. The third-order valence-electron chi connectivity index (χ3n) is 4.98. The van der Waals surface area contributed by atoms with Crippen LogP contribution in [-0.2, 0) is 4.79 Å². The molecule has 1 amide bonds. The highest BCUT2D eigenvalue weighted by molar-refractivity contribution is 5.93. The third kappa shape index (κ3) is 2.52. The van der Waals surface area contributed by atoms with Crippen LogP contribution in [0.1, 0.15) is 44.6 Å². The first-order chi connectivity index (χ1) is 9.67. The highest BCUT2D eigenvalue weighted by atomic mass is 16.1. The number of amides is 1. The molecule has 1 saturated carbocycles. The molecule has 2 aliphatic rings. The monoisotopic (exact) mass is 269 g/mol. The zero-order chi connectivity index (χ0) is 14.1. The van der Waals surface area contributed by atoms with Crippen molar-refractivity contribution < 1.29 is 4.79 Å². The van der Waals surface area contributed by atoms with Crippen LogP contribution in [-0.4, -0.2) is 5.91 Å². The summed E-state index contributed by atoms with van der Waals surface area (Å²) in [5.41, 5.74) is 2.27. The van der Waals surface area contributed by atoms with E-state index in [9.17, 15) is 4.79 Å². The highest BCUT2D eigenvalue weighted by Crippen LogP contribution is 2.43. The molecule has 0 aliphatic heterocycles. The van der Waals surface area contributed by atoms with E-state index in [2.05, 4.69) is 43.4 Å². The second kappa shape index (κ2) is 5.43. The molecule has 0 unspecified atom stereocenters. The fraction of sp³-hybridized carbons (Fsp3) is 0.500. The van der Waals surface area contributed by atoms with Gasteiger partial charge >= 0.3 is 0 Å². The Morgan fingerprint density at radius 1 is 1.25 bits per heavy atom. The molecule has 0 spiro atoms. The molecule has 0 saturated heterocycles. The normalized spacial score (nSPS) is 28.6. The van der Waals surface area contributed by atoms with Crippen molar-refractivity contribution in [2.75, 3.05) is 5.32 Å². The van der Waals surface area contributed by atoms with E-state index in [4.69, 9.17) is 0 Å². The zero-order valence-corrected chi connectivity index (χ0v) is 12.3. The molecule has 2 bridgehead atoms. The zero-order valence-electron chi connectivity index (χ0n) is 12.3. The summed E-state index contributed by atoms with van der Waals surface area (Å²) in [5, 5.41) is 3.08. The van der Waals surface area contributed by atoms with Crippen LogP contribution in [0, 0.1) is 17.8 Å². The maximum absolute atomic E-state index is 12.3. The quantitative estimate of drug-likeness (QED) is 0.809. The summed E-state index contributed by atoms with van der Waals surface area (Å²) in [5.74, 6) is 2.07. The molecule has 1 fully saturated rings. The van der Waals surface area contributed by atoms with Crippen molar-refractivity contribution in [1.29, 1.82) is 0 Å². The van der Waals surface area contributed by atoms with Gasteiger partial charge in [0.05, 0.1) is 0 Å². The summed E-state index contributed by atoms with van der Waals surface area (Å²) in [6, 6.07) is 8.32. The molecule has 4 atom stereocenters. The van der Waals surface area contributed by atoms with Gasteiger partial charge in [-0.05, 0) is 54.7 Å². The number of nitrogens with one attached hydrogen (secondary N) is 1. The summed E-state index contributed by atoms with van der Waals surface area (Å²) in [6.45, 7) is 4.43. The van der Waals surface area contributed by atoms with Crippen molar-refractivity contribution in [3.8, 4) is 0 Å². The maximum atomic E-state index is 12.3. The van der Waals surface area contributed by atoms with Gasteiger partial charge in [-0.3, -0.25) is 4.79 Å². The Morgan fingerprint density at radius 3 is 2.55 bits per heavy atom. The van der Waals surface area contributed by atoms with Crippen molar-refractivity contribution in [1.82, 2.24) is 0 Å². The van der Waals surface area contributed by atoms with E-state index in [0.717, 1.165) is 18.5 Å². The van der Waals surface area contributed by atoms with Crippen molar-refractivity contribution in [3.63, 3.8) is 0 Å². The molecule has 0 radical (unpaired) electrons. The summed E-state index contributed by atoms with van der Waals surface area (Å²) in [4.78, 5) is 12.3. The number of benzene rings is 1. The number of fused-ring (bicyclic) bond motifs is 2. The Hall–Kier alpha value is -1.57. The molecule has 2 nitrogen and oxygen atoms in total. The van der Waals surface area contributed by atoms with Crippen LogP contribution in [0.2, 0.25) is 0 Å². The van der Waals surface area contributed by atoms with Gasteiger partial charge in [-0.25, -0.2) is 0 Å². The van der Waals surface area contributed by atoms with Gasteiger partial charge in [-0.2, -0.15) is 0 Å². The Labute approximate surface area is 121 Å². The van der Waals surface area contributed by atoms with E-state index in [-0.39, 0.29) is 11.8 Å². The first-order valence-corrected chi connectivity index (χ1v) is 7.76. The number of rotatable bonds is 4. The average molecular weight is 269 g/mol. The van der Waals surface area contributed by atoms with E-state index in [1.54, 1.807) is 0 Å². The molecular weight excluding hydrogens is 246 g/mol. The van der Waals surface area contributed by atoms with Crippen molar-refractivity contribution >= 4 is 11.6 Å². The second-order valence-corrected chi connectivity index (χ2v) is 6.31. The molecule has 3 rings (SSSR count). The first kappa shape index (κ1) is 13.4. The summed E-state index contributed by atoms with van der Waals surface area (Å²) < 4.78 is 0. The van der Waals surface area contributed by atoms with Crippen LogP contribution in [0.4, 0.5) is 5.69 Å². The fourth-order valence-electron chi connectivity index (χ4n) is 3.45. The van der Waals surface area contributed by atoms with Crippen LogP contribution in [0.3, 0.4) is 0 Å². The van der Waals surface area contributed by atoms with Crippen molar-refractivity contribution in [2.24, 2.45) is 17.8 Å². The first-order valence-electron chi connectivity index (χ1n) is 7.76. The molecule has 1 aromatic carbocycles. The van der Waals surface area contributed by atoms with Crippen LogP contribution in [0.25, 0.3) is 0 Å². The SMILES string of the molecule is CC[C@@H](C)c1ccc(NC(=O)[C@@H]2C[C@H]3C=C[C@H]2C3)cc1. The lowest BCUT2D eigenvalue weighted by Gasteiger charge is -2.18. The van der Waals surface area contributed by atoms with Crippen LogP contribution in [0.5, 0.6) is 0 Å². The number of hydrogen-bond acceptors (Lipinski definition) is 1. The van der Waals surface area contributed by atoms with E-state index in [1.165, 1.54) is 12.0 Å². The highest BCUT2D eigenvalue weighted by Gasteiger charge is 2.39. The average Bonchev–Trinajstić information content (AvgIpc) is 3.10. The minimum Gasteiger partial charge on any atom is -0.326 e. The van der Waals surface area contributed by atoms with Gasteiger partial charge in [0.25, 0.3) is 0 Å². The molecular formula is C18H23NO. The summed E-state index contributed by atoms with van der Waals surface area (Å²) >= 11 is 0. The Balaban J connectivity index is 1.63. The van der Waals surface area contributed by atoms with Crippen LogP contribution < -0.4 is 5.32 Å². The van der Waals surface area contributed by atoms with Gasteiger partial charge in [0.15, 0.2) is 0 Å². The Bertz CT molecular complexity index is 517. The molecule has 20 heavy (non-hydrogen) atoms. The van der Waals surface area contributed by atoms with E-state index < -0.39 is 0 Å². The van der Waals surface area contributed by atoms with Gasteiger partial charge in [0.1, 0.15) is 0 Å². The molecule has 0 aromatic heterocycles. The predicted molar refractivity (Wildman–Crippen MR) is 82.6 cm³/mol. The van der Waals surface area contributed by atoms with Gasteiger partial charge < -0.3 is 5.32 Å². The van der Waals surface area contributed by atoms with Gasteiger partial charge in [0.2, 0.25) is 5.91 Å². The molecule has 1 N–H and O–H groups in total.